The third-order valence-corrected chi connectivity index (χ3v) is 4.64. The largest absolute Gasteiger partial charge is 0.386 e. The number of nitrogens with one attached hydrogen (secondary N) is 1. The highest BCUT2D eigenvalue weighted by Crippen LogP contribution is 2.17. The molecule has 1 aromatic rings. The molecule has 1 saturated heterocycles. The fraction of sp³-hybridized carbons (Fsp3) is 0.667. The maximum Gasteiger partial charge on any atom is 0.230 e. The second-order valence-corrected chi connectivity index (χ2v) is 6.70. The van der Waals surface area contributed by atoms with Gasteiger partial charge in [-0.15, -0.1) is 23.1 Å². The van der Waals surface area contributed by atoms with Crippen LogP contribution in [0.2, 0.25) is 0 Å². The van der Waals surface area contributed by atoms with E-state index in [-0.39, 0.29) is 12.5 Å². The van der Waals surface area contributed by atoms with Crippen molar-refractivity contribution in [2.75, 3.05) is 25.5 Å². The van der Waals surface area contributed by atoms with Crippen molar-refractivity contribution in [1.29, 1.82) is 0 Å². The Balaban J connectivity index is 1.62. The van der Waals surface area contributed by atoms with Crippen molar-refractivity contribution < 1.29 is 14.6 Å². The number of aromatic nitrogens is 1. The second-order valence-electron chi connectivity index (χ2n) is 4.65. The molecule has 5 nitrogen and oxygen atoms in total. The van der Waals surface area contributed by atoms with E-state index in [0.29, 0.717) is 25.4 Å². The molecule has 7 heteroatoms. The monoisotopic (exact) mass is 302 g/mol. The van der Waals surface area contributed by atoms with Crippen molar-refractivity contribution >= 4 is 29.0 Å². The summed E-state index contributed by atoms with van der Waals surface area (Å²) in [4.78, 5) is 16.0. The number of ether oxygens (including phenoxy) is 1. The van der Waals surface area contributed by atoms with Crippen LogP contribution in [0.5, 0.6) is 0 Å². The predicted octanol–water partition coefficient (Wildman–Crippen LogP) is 0.952. The third-order valence-electron chi connectivity index (χ3n) is 2.85. The van der Waals surface area contributed by atoms with Gasteiger partial charge >= 0.3 is 0 Å². The molecule has 0 saturated carbocycles. The fourth-order valence-electron chi connectivity index (χ4n) is 1.77. The average molecular weight is 302 g/mol. The highest BCUT2D eigenvalue weighted by Gasteiger charge is 2.32. The van der Waals surface area contributed by atoms with Gasteiger partial charge in [0.1, 0.15) is 5.60 Å². The summed E-state index contributed by atoms with van der Waals surface area (Å²) in [6.45, 7) is 3.10. The van der Waals surface area contributed by atoms with E-state index < -0.39 is 5.60 Å². The van der Waals surface area contributed by atoms with Crippen LogP contribution in [0.3, 0.4) is 0 Å². The summed E-state index contributed by atoms with van der Waals surface area (Å²) in [6, 6.07) is 0. The number of thioether (sulfide) groups is 1. The highest BCUT2D eigenvalue weighted by molar-refractivity contribution is 7.99. The molecule has 0 radical (unpaired) electrons. The van der Waals surface area contributed by atoms with Crippen molar-refractivity contribution in [3.8, 4) is 0 Å². The molecule has 0 spiro atoms. The van der Waals surface area contributed by atoms with Gasteiger partial charge in [-0.3, -0.25) is 4.79 Å². The zero-order chi connectivity index (χ0) is 13.7. The molecular weight excluding hydrogens is 284 g/mol. The number of carbonyl (C=O) groups excluding carboxylic acids is 1. The summed E-state index contributed by atoms with van der Waals surface area (Å²) in [5, 5.41) is 15.8. The van der Waals surface area contributed by atoms with Crippen molar-refractivity contribution in [2.24, 2.45) is 0 Å². The summed E-state index contributed by atoms with van der Waals surface area (Å²) < 4.78 is 5.12. The molecule has 2 N–H and O–H groups in total. The van der Waals surface area contributed by atoms with Gasteiger partial charge in [0.05, 0.1) is 23.1 Å². The topological polar surface area (TPSA) is 71.5 Å². The number of aliphatic hydroxyl groups is 1. The predicted molar refractivity (Wildman–Crippen MR) is 76.4 cm³/mol. The molecule has 106 valence electrons. The summed E-state index contributed by atoms with van der Waals surface area (Å²) in [5.41, 5.74) is 0.134. The van der Waals surface area contributed by atoms with Gasteiger partial charge in [0, 0.05) is 30.7 Å². The van der Waals surface area contributed by atoms with Gasteiger partial charge in [-0.1, -0.05) is 0 Å². The van der Waals surface area contributed by atoms with Crippen molar-refractivity contribution in [3.05, 3.63) is 16.1 Å². The summed E-state index contributed by atoms with van der Waals surface area (Å²) in [5.74, 6) is 1.07. The van der Waals surface area contributed by atoms with E-state index in [4.69, 9.17) is 4.74 Å². The van der Waals surface area contributed by atoms with Crippen LogP contribution in [0.4, 0.5) is 0 Å². The Morgan fingerprint density at radius 2 is 2.58 bits per heavy atom. The van der Waals surface area contributed by atoms with Gasteiger partial charge in [-0.05, 0) is 6.92 Å². The lowest BCUT2D eigenvalue weighted by Gasteiger charge is -2.20. The molecule has 1 aliphatic heterocycles. The third kappa shape index (κ3) is 4.76. The number of nitrogens with zero attached hydrogens (tertiary/aromatic N) is 1. The lowest BCUT2D eigenvalue weighted by molar-refractivity contribution is -0.119. The first kappa shape index (κ1) is 14.8. The minimum Gasteiger partial charge on any atom is -0.386 e. The zero-order valence-corrected chi connectivity index (χ0v) is 12.5. The molecule has 1 fully saturated rings. The quantitative estimate of drug-likeness (QED) is 0.819. The van der Waals surface area contributed by atoms with E-state index in [2.05, 4.69) is 10.3 Å². The van der Waals surface area contributed by atoms with Crippen LogP contribution in [0.25, 0.3) is 0 Å². The summed E-state index contributed by atoms with van der Waals surface area (Å²) >= 11 is 3.15. The summed E-state index contributed by atoms with van der Waals surface area (Å²) in [7, 11) is 0. The number of aryl methyl sites for hydroxylation is 1. The molecule has 1 unspecified atom stereocenters. The SMILES string of the molecule is Cc1nc(CSCC(=O)NCC2(O)CCOC2)cs1. The van der Waals surface area contributed by atoms with E-state index >= 15 is 0 Å². The first-order valence-corrected chi connectivity index (χ1v) is 8.16. The molecule has 2 rings (SSSR count). The number of carbonyl (C=O) groups is 1. The van der Waals surface area contributed by atoms with Crippen LogP contribution >= 0.6 is 23.1 Å². The standard InChI is InChI=1S/C12H18N2O3S2/c1-9-14-10(5-19-9)4-18-6-11(15)13-7-12(16)2-3-17-8-12/h5,16H,2-4,6-8H2,1H3,(H,13,15). The lowest BCUT2D eigenvalue weighted by atomic mass is 10.0. The minimum absolute atomic E-state index is 0.0581. The first-order valence-electron chi connectivity index (χ1n) is 6.13. The number of thiazole rings is 1. The Morgan fingerprint density at radius 3 is 3.21 bits per heavy atom. The maximum absolute atomic E-state index is 11.6. The average Bonchev–Trinajstić information content (AvgIpc) is 2.97. The van der Waals surface area contributed by atoms with Crippen LogP contribution < -0.4 is 5.32 Å². The van der Waals surface area contributed by atoms with E-state index in [1.807, 2.05) is 12.3 Å². The maximum atomic E-state index is 11.6. The van der Waals surface area contributed by atoms with Gasteiger partial charge < -0.3 is 15.2 Å². The van der Waals surface area contributed by atoms with E-state index in [0.717, 1.165) is 16.5 Å². The van der Waals surface area contributed by atoms with Crippen LogP contribution in [0, 0.1) is 6.92 Å². The van der Waals surface area contributed by atoms with E-state index in [9.17, 15) is 9.90 Å². The molecule has 2 heterocycles. The second kappa shape index (κ2) is 6.69. The van der Waals surface area contributed by atoms with Gasteiger partial charge in [0.2, 0.25) is 5.91 Å². The minimum atomic E-state index is -0.883. The Hall–Kier alpha value is -0.630. The molecule has 1 atom stereocenters. The fourth-order valence-corrected chi connectivity index (χ4v) is 3.24. The smallest absolute Gasteiger partial charge is 0.230 e. The Bertz CT molecular complexity index is 430. The van der Waals surface area contributed by atoms with Gasteiger partial charge in [-0.2, -0.15) is 0 Å². The molecule has 1 aliphatic rings. The van der Waals surface area contributed by atoms with Crippen LogP contribution in [0.1, 0.15) is 17.1 Å². The van der Waals surface area contributed by atoms with Crippen molar-refractivity contribution in [2.45, 2.75) is 24.7 Å². The van der Waals surface area contributed by atoms with E-state index in [1.54, 1.807) is 11.3 Å². The molecule has 0 aromatic carbocycles. The molecule has 1 aromatic heterocycles. The molecular formula is C12H18N2O3S2. The van der Waals surface area contributed by atoms with E-state index in [1.165, 1.54) is 11.8 Å². The van der Waals surface area contributed by atoms with Crippen LogP contribution in [-0.2, 0) is 15.3 Å². The van der Waals surface area contributed by atoms with Gasteiger partial charge in [-0.25, -0.2) is 4.98 Å². The normalized spacial score (nSPS) is 22.6. The molecule has 19 heavy (non-hydrogen) atoms. The molecule has 0 bridgehead atoms. The number of rotatable bonds is 6. The number of amides is 1. The number of hydrogen-bond donors (Lipinski definition) is 2. The van der Waals surface area contributed by atoms with Crippen molar-refractivity contribution in [3.63, 3.8) is 0 Å². The van der Waals surface area contributed by atoms with Crippen LogP contribution in [-0.4, -0.2) is 47.1 Å². The number of hydrogen-bond acceptors (Lipinski definition) is 6. The molecule has 0 aliphatic carbocycles. The van der Waals surface area contributed by atoms with Gasteiger partial charge in [0.15, 0.2) is 0 Å². The Morgan fingerprint density at radius 1 is 1.74 bits per heavy atom. The Kier molecular flexibility index (Phi) is 5.20. The lowest BCUT2D eigenvalue weighted by Crippen LogP contribution is -2.43. The zero-order valence-electron chi connectivity index (χ0n) is 10.8. The highest BCUT2D eigenvalue weighted by atomic mass is 32.2. The summed E-state index contributed by atoms with van der Waals surface area (Å²) in [6.07, 6.45) is 0.582. The van der Waals surface area contributed by atoms with Crippen LogP contribution in [0.15, 0.2) is 5.38 Å². The Labute approximate surface area is 120 Å². The molecule has 1 amide bonds. The van der Waals surface area contributed by atoms with Crippen molar-refractivity contribution in [1.82, 2.24) is 10.3 Å². The first-order chi connectivity index (χ1) is 9.07. The van der Waals surface area contributed by atoms with Gasteiger partial charge in [0.25, 0.3) is 0 Å².